The van der Waals surface area contributed by atoms with E-state index in [1.54, 1.807) is 0 Å². The molecule has 0 N–H and O–H groups in total. The van der Waals surface area contributed by atoms with E-state index in [4.69, 9.17) is 4.18 Å². The van der Waals surface area contributed by atoms with Crippen LogP contribution in [0.4, 0.5) is 13.2 Å². The first kappa shape index (κ1) is 17.0. The standard InChI is InChI=1S/C13H17F3NO5S2/c14-13(15,16)23(18,19)17-24(20,21)22-10-5-8-4-9(10)12-7-2-1-6(3-7)11(8)12/h6-12H,1-5H2/q-1. The van der Waals surface area contributed by atoms with Crippen LogP contribution in [0.25, 0.3) is 4.13 Å². The van der Waals surface area contributed by atoms with Crippen molar-refractivity contribution >= 4 is 20.3 Å². The van der Waals surface area contributed by atoms with Crippen LogP contribution in [0.3, 0.4) is 0 Å². The molecule has 0 spiro atoms. The van der Waals surface area contributed by atoms with Crippen LogP contribution in [0, 0.1) is 35.5 Å². The van der Waals surface area contributed by atoms with Crippen molar-refractivity contribution in [1.82, 2.24) is 0 Å². The van der Waals surface area contributed by atoms with Crippen LogP contribution in [0.2, 0.25) is 0 Å². The molecule has 7 atom stereocenters. The summed E-state index contributed by atoms with van der Waals surface area (Å²) in [7, 11) is -11.3. The molecule has 0 radical (unpaired) electrons. The first-order valence-electron chi connectivity index (χ1n) is 7.97. The van der Waals surface area contributed by atoms with Crippen molar-refractivity contribution in [2.24, 2.45) is 35.5 Å². The van der Waals surface area contributed by atoms with E-state index in [0.29, 0.717) is 36.0 Å². The van der Waals surface area contributed by atoms with Gasteiger partial charge in [0.25, 0.3) is 0 Å². The summed E-state index contributed by atoms with van der Waals surface area (Å²) < 4.78 is 89.0. The highest BCUT2D eigenvalue weighted by Crippen LogP contribution is 2.67. The summed E-state index contributed by atoms with van der Waals surface area (Å²) in [5, 5.41) is 0. The molecule has 4 bridgehead atoms. The van der Waals surface area contributed by atoms with Gasteiger partial charge in [0.05, 0.1) is 6.10 Å². The fourth-order valence-electron chi connectivity index (χ4n) is 5.95. The van der Waals surface area contributed by atoms with Crippen LogP contribution in [-0.2, 0) is 24.5 Å². The van der Waals surface area contributed by atoms with Gasteiger partial charge in [-0.1, -0.05) is 0 Å². The van der Waals surface area contributed by atoms with Crippen LogP contribution in [0.1, 0.15) is 32.1 Å². The Balaban J connectivity index is 1.47. The van der Waals surface area contributed by atoms with Crippen LogP contribution < -0.4 is 0 Å². The van der Waals surface area contributed by atoms with E-state index in [9.17, 15) is 30.0 Å². The Morgan fingerprint density at radius 3 is 2.12 bits per heavy atom. The maximum Gasteiger partial charge on any atom is 0.480 e. The van der Waals surface area contributed by atoms with E-state index >= 15 is 0 Å². The molecular weight excluding hydrogens is 371 g/mol. The average molecular weight is 388 g/mol. The van der Waals surface area contributed by atoms with E-state index in [2.05, 4.69) is 0 Å². The zero-order valence-electron chi connectivity index (χ0n) is 12.5. The van der Waals surface area contributed by atoms with Crippen LogP contribution in [0.15, 0.2) is 0 Å². The van der Waals surface area contributed by atoms with Gasteiger partial charge in [-0.15, -0.1) is 0 Å². The lowest BCUT2D eigenvalue weighted by Crippen LogP contribution is -2.37. The summed E-state index contributed by atoms with van der Waals surface area (Å²) in [6.45, 7) is 0. The largest absolute Gasteiger partial charge is 0.480 e. The van der Waals surface area contributed by atoms with Crippen LogP contribution in [0.5, 0.6) is 0 Å². The number of sulfonamides is 1. The molecule has 0 aliphatic heterocycles. The Hall–Kier alpha value is -0.390. The molecule has 138 valence electrons. The predicted molar refractivity (Wildman–Crippen MR) is 76.2 cm³/mol. The van der Waals surface area contributed by atoms with E-state index in [1.807, 2.05) is 4.13 Å². The van der Waals surface area contributed by atoms with Crippen molar-refractivity contribution in [1.29, 1.82) is 0 Å². The Morgan fingerprint density at radius 1 is 0.875 bits per heavy atom. The lowest BCUT2D eigenvalue weighted by Gasteiger charge is -2.38. The van der Waals surface area contributed by atoms with Crippen molar-refractivity contribution in [2.45, 2.75) is 43.7 Å². The van der Waals surface area contributed by atoms with Crippen molar-refractivity contribution in [3.05, 3.63) is 4.13 Å². The number of halogens is 3. The Bertz CT molecular complexity index is 750. The monoisotopic (exact) mass is 388 g/mol. The second kappa shape index (κ2) is 5.08. The minimum absolute atomic E-state index is 0.0196. The number of hydrogen-bond acceptors (Lipinski definition) is 5. The highest BCUT2D eigenvalue weighted by atomic mass is 32.3. The summed E-state index contributed by atoms with van der Waals surface area (Å²) in [6.07, 6.45) is 3.98. The summed E-state index contributed by atoms with van der Waals surface area (Å²) in [5.74, 6) is 2.47. The minimum atomic E-state index is -6.12. The van der Waals surface area contributed by atoms with Crippen molar-refractivity contribution in [3.8, 4) is 0 Å². The molecule has 0 amide bonds. The third-order valence-electron chi connectivity index (χ3n) is 6.40. The molecule has 0 aromatic rings. The summed E-state index contributed by atoms with van der Waals surface area (Å²) in [5.41, 5.74) is -5.76. The topological polar surface area (TPSA) is 91.6 Å². The van der Waals surface area contributed by atoms with Gasteiger partial charge in [-0.2, -0.15) is 13.2 Å². The third-order valence-corrected chi connectivity index (χ3v) is 8.99. The zero-order valence-corrected chi connectivity index (χ0v) is 14.1. The Kier molecular flexibility index (Phi) is 3.60. The fraction of sp³-hybridized carbons (Fsp3) is 1.00. The van der Waals surface area contributed by atoms with Gasteiger partial charge in [-0.25, -0.2) is 16.8 Å². The van der Waals surface area contributed by atoms with E-state index in [0.717, 1.165) is 19.3 Å². The number of fused-ring (bicyclic) bond motifs is 9. The first-order valence-corrected chi connectivity index (χ1v) is 10.8. The van der Waals surface area contributed by atoms with Crippen LogP contribution >= 0.6 is 0 Å². The van der Waals surface area contributed by atoms with E-state index < -0.39 is 31.9 Å². The van der Waals surface area contributed by atoms with Crippen molar-refractivity contribution in [2.75, 3.05) is 0 Å². The lowest BCUT2D eigenvalue weighted by atomic mass is 9.70. The summed E-state index contributed by atoms with van der Waals surface area (Å²) in [4.78, 5) is 0. The number of alkyl halides is 3. The van der Waals surface area contributed by atoms with Crippen molar-refractivity contribution in [3.63, 3.8) is 0 Å². The molecule has 0 heterocycles. The zero-order chi connectivity index (χ0) is 17.5. The molecule has 4 aliphatic carbocycles. The molecule has 4 aliphatic rings. The van der Waals surface area contributed by atoms with Gasteiger partial charge < -0.3 is 4.13 Å². The first-order chi connectivity index (χ1) is 11.0. The molecule has 4 rings (SSSR count). The second-order valence-corrected chi connectivity index (χ2v) is 10.5. The highest BCUT2D eigenvalue weighted by molar-refractivity contribution is 8.10. The summed E-state index contributed by atoms with van der Waals surface area (Å²) >= 11 is 0. The van der Waals surface area contributed by atoms with Gasteiger partial charge in [0, 0.05) is 0 Å². The maximum atomic E-state index is 12.3. The van der Waals surface area contributed by atoms with E-state index in [-0.39, 0.29) is 5.92 Å². The van der Waals surface area contributed by atoms with Gasteiger partial charge >= 0.3 is 5.51 Å². The quantitative estimate of drug-likeness (QED) is 0.690. The maximum absolute atomic E-state index is 12.3. The molecule has 6 nitrogen and oxygen atoms in total. The molecule has 0 aromatic carbocycles. The third kappa shape index (κ3) is 2.50. The predicted octanol–water partition coefficient (Wildman–Crippen LogP) is 2.54. The summed E-state index contributed by atoms with van der Waals surface area (Å²) in [6, 6.07) is 0. The molecule has 0 saturated heterocycles. The number of hydrogen-bond donors (Lipinski definition) is 0. The van der Waals surface area contributed by atoms with Crippen LogP contribution in [-0.4, -0.2) is 28.4 Å². The molecule has 11 heteroatoms. The average Bonchev–Trinajstić information content (AvgIpc) is 3.13. The molecular formula is C13H17F3NO5S2-. The molecule has 7 unspecified atom stereocenters. The SMILES string of the molecule is O=S(=O)([N-]S(=O)(=O)C(F)(F)F)OC1CC2CC1C1C3CCC(C3)C21. The fourth-order valence-corrected chi connectivity index (χ4v) is 7.93. The highest BCUT2D eigenvalue weighted by Gasteiger charge is 2.63. The molecule has 0 aromatic heterocycles. The number of rotatable bonds is 4. The minimum Gasteiger partial charge on any atom is -0.404 e. The van der Waals surface area contributed by atoms with Gasteiger partial charge in [0.15, 0.2) is 10.0 Å². The normalized spacial score (nSPS) is 44.2. The van der Waals surface area contributed by atoms with Gasteiger partial charge in [-0.05, 0) is 67.6 Å². The van der Waals surface area contributed by atoms with Crippen molar-refractivity contribution < 1.29 is 34.2 Å². The van der Waals surface area contributed by atoms with Gasteiger partial charge in [-0.3, -0.25) is 4.18 Å². The molecule has 4 fully saturated rings. The van der Waals surface area contributed by atoms with Gasteiger partial charge in [0.2, 0.25) is 10.3 Å². The molecule has 4 saturated carbocycles. The smallest absolute Gasteiger partial charge is 0.404 e. The second-order valence-electron chi connectivity index (χ2n) is 7.44. The van der Waals surface area contributed by atoms with E-state index in [1.165, 1.54) is 6.42 Å². The Morgan fingerprint density at radius 2 is 1.50 bits per heavy atom. The lowest BCUT2D eigenvalue weighted by molar-refractivity contribution is -0.0425. The van der Waals surface area contributed by atoms with Gasteiger partial charge in [0.1, 0.15) is 0 Å². The Labute approximate surface area is 138 Å². The molecule has 24 heavy (non-hydrogen) atoms. The number of nitrogens with zero attached hydrogens (tertiary/aromatic N) is 1.